The monoisotopic (exact) mass is 518 g/mol. The van der Waals surface area contributed by atoms with E-state index in [1.165, 1.54) is 0 Å². The number of hydrogen-bond donors (Lipinski definition) is 2. The van der Waals surface area contributed by atoms with Gasteiger partial charge in [0.1, 0.15) is 11.4 Å². The van der Waals surface area contributed by atoms with Crippen molar-refractivity contribution in [3.63, 3.8) is 0 Å². The van der Waals surface area contributed by atoms with Gasteiger partial charge < -0.3 is 19.7 Å². The molecule has 0 saturated carbocycles. The lowest BCUT2D eigenvalue weighted by Crippen LogP contribution is -2.45. The Morgan fingerprint density at radius 2 is 2.00 bits per heavy atom. The second kappa shape index (κ2) is 10.5. The first-order chi connectivity index (χ1) is 18.2. The lowest BCUT2D eigenvalue weighted by Gasteiger charge is -2.34. The molecule has 2 aliphatic rings. The molecule has 3 heterocycles. The number of likely N-dealkylation sites (tertiary alicyclic amines) is 1. The van der Waals surface area contributed by atoms with Crippen molar-refractivity contribution in [2.45, 2.75) is 52.1 Å². The molecule has 0 aliphatic carbocycles. The van der Waals surface area contributed by atoms with Crippen LogP contribution in [0, 0.1) is 5.92 Å². The third kappa shape index (κ3) is 5.66. The number of hydrogen-bond acceptors (Lipinski definition) is 6. The molecule has 38 heavy (non-hydrogen) atoms. The zero-order valence-corrected chi connectivity index (χ0v) is 22.1. The van der Waals surface area contributed by atoms with Gasteiger partial charge in [0.2, 0.25) is 0 Å². The smallest absolute Gasteiger partial charge is 0.410 e. The van der Waals surface area contributed by atoms with Gasteiger partial charge >= 0.3 is 6.09 Å². The normalized spacial score (nSPS) is 17.1. The number of nitrogens with one attached hydrogen (secondary N) is 2. The van der Waals surface area contributed by atoms with Crippen LogP contribution in [0.15, 0.2) is 41.2 Å². The summed E-state index contributed by atoms with van der Waals surface area (Å²) in [5, 5.41) is 11.3. The van der Waals surface area contributed by atoms with Crippen molar-refractivity contribution in [3.8, 4) is 5.75 Å². The van der Waals surface area contributed by atoms with E-state index in [1.807, 2.05) is 45.0 Å². The maximum Gasteiger partial charge on any atom is 0.410 e. The van der Waals surface area contributed by atoms with Gasteiger partial charge in [-0.3, -0.25) is 9.59 Å². The van der Waals surface area contributed by atoms with Crippen LogP contribution in [0.25, 0.3) is 10.8 Å². The Kier molecular flexibility index (Phi) is 7.10. The largest absolute Gasteiger partial charge is 0.492 e. The van der Waals surface area contributed by atoms with E-state index in [9.17, 15) is 14.4 Å². The maximum atomic E-state index is 13.4. The molecular weight excluding hydrogens is 484 g/mol. The Morgan fingerprint density at radius 1 is 1.21 bits per heavy atom. The molecule has 0 radical (unpaired) electrons. The topological polar surface area (TPSA) is 114 Å². The number of rotatable bonds is 5. The number of ether oxygens (including phenoxy) is 2. The molecule has 2 aliphatic heterocycles. The van der Waals surface area contributed by atoms with Crippen LogP contribution in [0.5, 0.6) is 5.75 Å². The molecule has 1 atom stereocenters. The van der Waals surface area contributed by atoms with Crippen molar-refractivity contribution in [3.05, 3.63) is 69.1 Å². The zero-order valence-electron chi connectivity index (χ0n) is 22.1. The minimum absolute atomic E-state index is 0.147. The van der Waals surface area contributed by atoms with Crippen LogP contribution in [-0.2, 0) is 17.6 Å². The van der Waals surface area contributed by atoms with Gasteiger partial charge in [0.25, 0.3) is 11.5 Å². The fourth-order valence-electron chi connectivity index (χ4n) is 5.20. The van der Waals surface area contributed by atoms with Crippen molar-refractivity contribution in [1.29, 1.82) is 0 Å². The molecular formula is C29H34N4O5. The summed E-state index contributed by atoms with van der Waals surface area (Å²) in [6.45, 7) is 7.78. The number of nitrogens with zero attached hydrogens (tertiary/aromatic N) is 2. The first-order valence-corrected chi connectivity index (χ1v) is 13.2. The van der Waals surface area contributed by atoms with Crippen molar-refractivity contribution in [2.24, 2.45) is 5.92 Å². The molecule has 1 unspecified atom stereocenters. The maximum absolute atomic E-state index is 13.4. The fraction of sp³-hybridized carbons (Fsp3) is 0.448. The Balaban J connectivity index is 1.30. The highest BCUT2D eigenvalue weighted by molar-refractivity contribution is 5.98. The van der Waals surface area contributed by atoms with Gasteiger partial charge in [-0.2, -0.15) is 5.10 Å². The number of benzene rings is 2. The second-order valence-electron chi connectivity index (χ2n) is 11.1. The highest BCUT2D eigenvalue weighted by atomic mass is 16.6. The van der Waals surface area contributed by atoms with Gasteiger partial charge in [0, 0.05) is 37.9 Å². The summed E-state index contributed by atoms with van der Waals surface area (Å²) in [5.41, 5.74) is 2.41. The van der Waals surface area contributed by atoms with Crippen molar-refractivity contribution in [1.82, 2.24) is 20.4 Å². The second-order valence-corrected chi connectivity index (χ2v) is 11.1. The van der Waals surface area contributed by atoms with Gasteiger partial charge in [-0.1, -0.05) is 24.3 Å². The Labute approximate surface area is 221 Å². The first-order valence-electron chi connectivity index (χ1n) is 13.2. The van der Waals surface area contributed by atoms with Gasteiger partial charge in [-0.05, 0) is 62.8 Å². The van der Waals surface area contributed by atoms with Crippen molar-refractivity contribution >= 4 is 22.8 Å². The predicted octanol–water partition coefficient (Wildman–Crippen LogP) is 3.83. The molecule has 3 aromatic rings. The van der Waals surface area contributed by atoms with Crippen LogP contribution in [-0.4, -0.2) is 58.9 Å². The molecule has 5 rings (SSSR count). The minimum Gasteiger partial charge on any atom is -0.492 e. The molecule has 2 aromatic carbocycles. The highest BCUT2D eigenvalue weighted by Crippen LogP contribution is 2.32. The lowest BCUT2D eigenvalue weighted by molar-refractivity contribution is 0.0167. The predicted molar refractivity (Wildman–Crippen MR) is 144 cm³/mol. The first kappa shape index (κ1) is 25.8. The number of fused-ring (bicyclic) bond motifs is 2. The molecule has 2 amide bonds. The Hall–Kier alpha value is -3.88. The number of amides is 2. The Morgan fingerprint density at radius 3 is 2.79 bits per heavy atom. The minimum atomic E-state index is -0.541. The van der Waals surface area contributed by atoms with E-state index < -0.39 is 5.60 Å². The van der Waals surface area contributed by atoms with Gasteiger partial charge in [-0.25, -0.2) is 9.89 Å². The average Bonchev–Trinajstić information content (AvgIpc) is 3.36. The van der Waals surface area contributed by atoms with E-state index in [1.54, 1.807) is 11.0 Å². The van der Waals surface area contributed by atoms with Crippen molar-refractivity contribution in [2.75, 3.05) is 26.2 Å². The molecule has 1 saturated heterocycles. The molecule has 2 N–H and O–H groups in total. The summed E-state index contributed by atoms with van der Waals surface area (Å²) in [5.74, 6) is 0.581. The zero-order chi connectivity index (χ0) is 26.9. The summed E-state index contributed by atoms with van der Waals surface area (Å²) in [6, 6.07) is 11.3. The molecule has 1 aromatic heterocycles. The van der Waals surface area contributed by atoms with E-state index in [0.29, 0.717) is 49.4 Å². The van der Waals surface area contributed by atoms with Crippen LogP contribution < -0.4 is 15.6 Å². The summed E-state index contributed by atoms with van der Waals surface area (Å²) < 4.78 is 11.4. The van der Waals surface area contributed by atoms with E-state index in [2.05, 4.69) is 21.6 Å². The molecule has 0 bridgehead atoms. The summed E-state index contributed by atoms with van der Waals surface area (Å²) in [6.07, 6.45) is 2.69. The summed E-state index contributed by atoms with van der Waals surface area (Å²) in [7, 11) is 0. The number of carbonyl (C=O) groups is 2. The van der Waals surface area contributed by atoms with E-state index >= 15 is 0 Å². The van der Waals surface area contributed by atoms with E-state index in [0.717, 1.165) is 41.5 Å². The fourth-order valence-corrected chi connectivity index (χ4v) is 5.20. The van der Waals surface area contributed by atoms with Crippen LogP contribution in [0.2, 0.25) is 0 Å². The van der Waals surface area contributed by atoms with Gasteiger partial charge in [-0.15, -0.1) is 0 Å². The van der Waals surface area contributed by atoms with Gasteiger partial charge in [0.05, 0.1) is 23.3 Å². The number of carbonyl (C=O) groups excluding carboxylic acids is 2. The Bertz CT molecular complexity index is 1420. The van der Waals surface area contributed by atoms with Crippen LogP contribution in [0.1, 0.15) is 60.8 Å². The van der Waals surface area contributed by atoms with E-state index in [4.69, 9.17) is 9.47 Å². The summed E-state index contributed by atoms with van der Waals surface area (Å²) >= 11 is 0. The molecule has 9 nitrogen and oxygen atoms in total. The third-order valence-electron chi connectivity index (χ3n) is 6.96. The number of aromatic nitrogens is 2. The summed E-state index contributed by atoms with van der Waals surface area (Å²) in [4.78, 5) is 39.8. The lowest BCUT2D eigenvalue weighted by atomic mass is 9.97. The SMILES string of the molecule is CC(C)(C)OC(=O)N1CCCC(CNC(=O)c2cc(Cc3n[nH]c(=O)c4ccccc34)cc3c2OCC3)C1. The molecule has 0 spiro atoms. The third-order valence-corrected chi connectivity index (χ3v) is 6.96. The average molecular weight is 519 g/mol. The standard InChI is InChI=1S/C29H34N4O5/c1-29(2,3)38-28(36)33-11-6-7-18(17-33)16-30-26(34)23-14-19(13-20-10-12-37-25(20)23)15-24-21-8-4-5-9-22(21)27(35)32-31-24/h4-5,8-9,13-14,18H,6-7,10-12,15-17H2,1-3H3,(H,30,34)(H,32,35). The number of H-pyrrole nitrogens is 1. The number of piperidine rings is 1. The van der Waals surface area contributed by atoms with Crippen LogP contribution >= 0.6 is 0 Å². The highest BCUT2D eigenvalue weighted by Gasteiger charge is 2.29. The van der Waals surface area contributed by atoms with Crippen molar-refractivity contribution < 1.29 is 19.1 Å². The van der Waals surface area contributed by atoms with E-state index in [-0.39, 0.29) is 23.5 Å². The molecule has 9 heteroatoms. The van der Waals surface area contributed by atoms with Gasteiger partial charge in [0.15, 0.2) is 0 Å². The molecule has 200 valence electrons. The number of aromatic amines is 1. The van der Waals surface area contributed by atoms with Crippen LogP contribution in [0.4, 0.5) is 4.79 Å². The molecule has 1 fully saturated rings. The van der Waals surface area contributed by atoms with Crippen LogP contribution in [0.3, 0.4) is 0 Å². The quantitative estimate of drug-likeness (QED) is 0.531.